The third-order valence-electron chi connectivity index (χ3n) is 4.39. The van der Waals surface area contributed by atoms with E-state index in [1.165, 1.54) is 0 Å². The number of aryl methyl sites for hydroxylation is 1. The first-order valence-electron chi connectivity index (χ1n) is 8.18. The van der Waals surface area contributed by atoms with Gasteiger partial charge in [0, 0.05) is 25.0 Å². The normalized spacial score (nSPS) is 16.7. The average molecular weight is 326 g/mol. The summed E-state index contributed by atoms with van der Waals surface area (Å²) >= 11 is 0. The number of carbonyl (C=O) groups is 1. The van der Waals surface area contributed by atoms with E-state index in [0.29, 0.717) is 31.5 Å². The van der Waals surface area contributed by atoms with E-state index in [0.717, 1.165) is 11.4 Å². The minimum Gasteiger partial charge on any atom is -0.491 e. The Balaban J connectivity index is 1.54. The van der Waals surface area contributed by atoms with Crippen molar-refractivity contribution < 1.29 is 14.6 Å². The predicted molar refractivity (Wildman–Crippen MR) is 91.0 cm³/mol. The van der Waals surface area contributed by atoms with Crippen LogP contribution in [0.15, 0.2) is 48.7 Å². The fourth-order valence-electron chi connectivity index (χ4n) is 2.78. The van der Waals surface area contributed by atoms with E-state index in [1.54, 1.807) is 17.2 Å². The van der Waals surface area contributed by atoms with Crippen molar-refractivity contribution in [3.8, 4) is 5.75 Å². The molecule has 1 aromatic carbocycles. The molecule has 0 saturated carbocycles. The molecule has 0 spiro atoms. The Morgan fingerprint density at radius 1 is 1.21 bits per heavy atom. The molecule has 2 heterocycles. The van der Waals surface area contributed by atoms with Gasteiger partial charge < -0.3 is 14.7 Å². The highest BCUT2D eigenvalue weighted by molar-refractivity contribution is 5.94. The molecule has 0 bridgehead atoms. The molecule has 24 heavy (non-hydrogen) atoms. The maximum absolute atomic E-state index is 12.5. The summed E-state index contributed by atoms with van der Waals surface area (Å²) in [4.78, 5) is 18.4. The monoisotopic (exact) mass is 326 g/mol. The second-order valence-corrected chi connectivity index (χ2v) is 6.31. The molecule has 126 valence electrons. The van der Waals surface area contributed by atoms with Gasteiger partial charge in [-0.05, 0) is 44.0 Å². The second-order valence-electron chi connectivity index (χ2n) is 6.31. The Morgan fingerprint density at radius 3 is 2.54 bits per heavy atom. The molecule has 1 N–H and O–H groups in total. The summed E-state index contributed by atoms with van der Waals surface area (Å²) in [5.41, 5.74) is 0.585. The molecule has 0 atom stereocenters. The smallest absolute Gasteiger partial charge is 0.255 e. The van der Waals surface area contributed by atoms with E-state index in [1.807, 2.05) is 43.3 Å². The van der Waals surface area contributed by atoms with Gasteiger partial charge >= 0.3 is 0 Å². The lowest BCUT2D eigenvalue weighted by Crippen LogP contribution is -2.49. The highest BCUT2D eigenvalue weighted by Crippen LogP contribution is 2.24. The van der Waals surface area contributed by atoms with Gasteiger partial charge in [0.25, 0.3) is 5.91 Å². The maximum atomic E-state index is 12.5. The molecule has 1 aromatic heterocycles. The fraction of sp³-hybridized carbons (Fsp3) is 0.368. The Bertz CT molecular complexity index is 678. The zero-order valence-electron chi connectivity index (χ0n) is 13.8. The number of rotatable bonds is 4. The molecule has 0 aliphatic carbocycles. The number of aliphatic hydroxyl groups is 1. The van der Waals surface area contributed by atoms with Gasteiger partial charge in [-0.25, -0.2) is 0 Å². The Morgan fingerprint density at radius 2 is 1.92 bits per heavy atom. The van der Waals surface area contributed by atoms with Crippen molar-refractivity contribution >= 4 is 5.91 Å². The highest BCUT2D eigenvalue weighted by atomic mass is 16.5. The molecule has 3 rings (SSSR count). The number of amides is 1. The van der Waals surface area contributed by atoms with Crippen LogP contribution < -0.4 is 4.74 Å². The van der Waals surface area contributed by atoms with Crippen molar-refractivity contribution in [2.24, 2.45) is 0 Å². The van der Waals surface area contributed by atoms with Gasteiger partial charge in [0.2, 0.25) is 0 Å². The van der Waals surface area contributed by atoms with Crippen LogP contribution in [-0.4, -0.2) is 46.2 Å². The van der Waals surface area contributed by atoms with Gasteiger partial charge in [0.15, 0.2) is 0 Å². The molecule has 1 fully saturated rings. The van der Waals surface area contributed by atoms with Crippen molar-refractivity contribution in [3.05, 3.63) is 59.9 Å². The summed E-state index contributed by atoms with van der Waals surface area (Å²) in [7, 11) is 0. The summed E-state index contributed by atoms with van der Waals surface area (Å²) in [6, 6.07) is 13.1. The van der Waals surface area contributed by atoms with Gasteiger partial charge in [0.1, 0.15) is 18.0 Å². The molecule has 1 aliphatic heterocycles. The highest BCUT2D eigenvalue weighted by Gasteiger charge is 2.35. The van der Waals surface area contributed by atoms with E-state index in [9.17, 15) is 9.90 Å². The van der Waals surface area contributed by atoms with Crippen molar-refractivity contribution in [1.29, 1.82) is 0 Å². The molecule has 1 saturated heterocycles. The molecular formula is C19H22N2O3. The minimum absolute atomic E-state index is 0.0338. The quantitative estimate of drug-likeness (QED) is 0.937. The lowest BCUT2D eigenvalue weighted by Gasteiger charge is -2.37. The number of carbonyl (C=O) groups excluding carboxylic acids is 1. The molecule has 0 radical (unpaired) electrons. The van der Waals surface area contributed by atoms with Crippen LogP contribution in [0.2, 0.25) is 0 Å². The van der Waals surface area contributed by atoms with Crippen LogP contribution in [0.3, 0.4) is 0 Å². The number of hydrogen-bond donors (Lipinski definition) is 1. The number of hydrogen-bond acceptors (Lipinski definition) is 4. The predicted octanol–water partition coefficient (Wildman–Crippen LogP) is 2.44. The average Bonchev–Trinajstić information content (AvgIpc) is 2.62. The summed E-state index contributed by atoms with van der Waals surface area (Å²) in [6.07, 6.45) is 2.62. The summed E-state index contributed by atoms with van der Waals surface area (Å²) in [5.74, 6) is 0.712. The van der Waals surface area contributed by atoms with Crippen LogP contribution in [0, 0.1) is 6.92 Å². The van der Waals surface area contributed by atoms with Gasteiger partial charge in [-0.1, -0.05) is 18.2 Å². The van der Waals surface area contributed by atoms with Gasteiger partial charge in [-0.15, -0.1) is 0 Å². The first-order valence-corrected chi connectivity index (χ1v) is 8.18. The molecule has 5 nitrogen and oxygen atoms in total. The molecule has 2 aromatic rings. The Labute approximate surface area is 141 Å². The lowest BCUT2D eigenvalue weighted by molar-refractivity contribution is -0.0475. The third-order valence-corrected chi connectivity index (χ3v) is 4.39. The van der Waals surface area contributed by atoms with E-state index < -0.39 is 5.60 Å². The van der Waals surface area contributed by atoms with E-state index in [2.05, 4.69) is 4.98 Å². The molecule has 0 unspecified atom stereocenters. The van der Waals surface area contributed by atoms with Crippen molar-refractivity contribution in [2.45, 2.75) is 25.4 Å². The van der Waals surface area contributed by atoms with Crippen LogP contribution in [0.5, 0.6) is 5.75 Å². The van der Waals surface area contributed by atoms with Crippen LogP contribution in [0.25, 0.3) is 0 Å². The second kappa shape index (κ2) is 7.01. The number of piperidine rings is 1. The summed E-state index contributed by atoms with van der Waals surface area (Å²) in [5, 5.41) is 10.7. The number of pyridine rings is 1. The van der Waals surface area contributed by atoms with Gasteiger partial charge in [-0.3, -0.25) is 9.78 Å². The largest absolute Gasteiger partial charge is 0.491 e. The van der Waals surface area contributed by atoms with E-state index >= 15 is 0 Å². The van der Waals surface area contributed by atoms with Crippen LogP contribution >= 0.6 is 0 Å². The molecule has 5 heteroatoms. The Kier molecular flexibility index (Phi) is 4.81. The van der Waals surface area contributed by atoms with E-state index in [-0.39, 0.29) is 12.5 Å². The number of para-hydroxylation sites is 1. The molecule has 1 aliphatic rings. The lowest BCUT2D eigenvalue weighted by atomic mass is 9.92. The number of likely N-dealkylation sites (tertiary alicyclic amines) is 1. The number of benzene rings is 1. The fourth-order valence-corrected chi connectivity index (χ4v) is 2.78. The first-order chi connectivity index (χ1) is 11.6. The maximum Gasteiger partial charge on any atom is 0.255 e. The van der Waals surface area contributed by atoms with Crippen molar-refractivity contribution in [1.82, 2.24) is 9.88 Å². The van der Waals surface area contributed by atoms with Crippen LogP contribution in [0.1, 0.15) is 28.9 Å². The van der Waals surface area contributed by atoms with Crippen LogP contribution in [0.4, 0.5) is 0 Å². The molecular weight excluding hydrogens is 304 g/mol. The third kappa shape index (κ3) is 3.92. The number of ether oxygens (including phenoxy) is 1. The summed E-state index contributed by atoms with van der Waals surface area (Å²) in [6.45, 7) is 3.16. The van der Waals surface area contributed by atoms with E-state index in [4.69, 9.17) is 4.74 Å². The van der Waals surface area contributed by atoms with Gasteiger partial charge in [0.05, 0.1) is 5.56 Å². The number of nitrogens with zero attached hydrogens (tertiary/aromatic N) is 2. The minimum atomic E-state index is -0.891. The number of aromatic nitrogens is 1. The van der Waals surface area contributed by atoms with Gasteiger partial charge in [-0.2, -0.15) is 0 Å². The zero-order valence-corrected chi connectivity index (χ0v) is 13.8. The topological polar surface area (TPSA) is 62.7 Å². The SMILES string of the molecule is Cc1ccc(C(=O)N2CCC(O)(COc3ccccc3)CC2)cn1. The van der Waals surface area contributed by atoms with Crippen molar-refractivity contribution in [3.63, 3.8) is 0 Å². The Hall–Kier alpha value is -2.40. The first kappa shape index (κ1) is 16.5. The zero-order chi connectivity index (χ0) is 17.0. The summed E-state index contributed by atoms with van der Waals surface area (Å²) < 4.78 is 5.68. The van der Waals surface area contributed by atoms with Crippen LogP contribution in [-0.2, 0) is 0 Å². The standard InChI is InChI=1S/C19H22N2O3/c1-15-7-8-16(13-20-15)18(22)21-11-9-19(23,10-12-21)14-24-17-5-3-2-4-6-17/h2-8,13,23H,9-12,14H2,1H3. The van der Waals surface area contributed by atoms with Crippen molar-refractivity contribution in [2.75, 3.05) is 19.7 Å². The molecule has 1 amide bonds.